The number of ether oxygens (including phenoxy) is 1. The van der Waals surface area contributed by atoms with E-state index >= 15 is 0 Å². The maximum atomic E-state index is 13.1. The third kappa shape index (κ3) is 3.79. The molecule has 0 aromatic heterocycles. The Kier molecular flexibility index (Phi) is 5.52. The number of urea groups is 1. The standard InChI is InChI=1S/C24H28N2O4/c1-3-16-7-11-21(12-8-16)30-15-20(27)14-26-22(28)24(2,25-23(26)29)19-10-9-17-5-4-6-18(17)13-19/h7-13,20,27H,3-6,14-15H2,1-2H3,(H,25,29)/t20-,24+/m1/s1. The quantitative estimate of drug-likeness (QED) is 0.691. The van der Waals surface area contributed by atoms with Crippen molar-refractivity contribution in [1.29, 1.82) is 0 Å². The molecular weight excluding hydrogens is 380 g/mol. The van der Waals surface area contributed by atoms with Crippen LogP contribution in [-0.2, 0) is 29.6 Å². The minimum Gasteiger partial charge on any atom is -0.491 e. The molecule has 3 amide bonds. The number of amides is 3. The van der Waals surface area contributed by atoms with Gasteiger partial charge in [-0.15, -0.1) is 0 Å². The van der Waals surface area contributed by atoms with Crippen molar-refractivity contribution in [2.75, 3.05) is 13.2 Å². The van der Waals surface area contributed by atoms with Crippen molar-refractivity contribution in [2.24, 2.45) is 0 Å². The van der Waals surface area contributed by atoms with Crippen LogP contribution in [0, 0.1) is 0 Å². The maximum absolute atomic E-state index is 13.1. The number of fused-ring (bicyclic) bond motifs is 1. The summed E-state index contributed by atoms with van der Waals surface area (Å²) in [6.45, 7) is 3.69. The Morgan fingerprint density at radius 1 is 1.13 bits per heavy atom. The molecule has 0 saturated carbocycles. The van der Waals surface area contributed by atoms with Gasteiger partial charge in [-0.2, -0.15) is 0 Å². The molecule has 0 bridgehead atoms. The molecule has 1 fully saturated rings. The number of imide groups is 1. The molecule has 30 heavy (non-hydrogen) atoms. The van der Waals surface area contributed by atoms with E-state index in [9.17, 15) is 14.7 Å². The van der Waals surface area contributed by atoms with Gasteiger partial charge < -0.3 is 15.2 Å². The lowest BCUT2D eigenvalue weighted by atomic mass is 9.89. The summed E-state index contributed by atoms with van der Waals surface area (Å²) < 4.78 is 5.62. The lowest BCUT2D eigenvalue weighted by Gasteiger charge is -2.24. The van der Waals surface area contributed by atoms with Gasteiger partial charge in [0.1, 0.15) is 24.0 Å². The zero-order valence-electron chi connectivity index (χ0n) is 17.5. The highest BCUT2D eigenvalue weighted by molar-refractivity contribution is 6.07. The van der Waals surface area contributed by atoms with Gasteiger partial charge >= 0.3 is 6.03 Å². The van der Waals surface area contributed by atoms with Gasteiger partial charge in [-0.05, 0) is 67.0 Å². The van der Waals surface area contributed by atoms with Gasteiger partial charge in [0.2, 0.25) is 0 Å². The Hall–Kier alpha value is -2.86. The van der Waals surface area contributed by atoms with E-state index in [1.54, 1.807) is 6.92 Å². The number of hydrogen-bond acceptors (Lipinski definition) is 4. The monoisotopic (exact) mass is 408 g/mol. The summed E-state index contributed by atoms with van der Waals surface area (Å²) in [5.74, 6) is 0.295. The first-order chi connectivity index (χ1) is 14.4. The Balaban J connectivity index is 1.40. The molecule has 2 aromatic rings. The molecule has 0 spiro atoms. The van der Waals surface area contributed by atoms with E-state index in [-0.39, 0.29) is 19.1 Å². The molecule has 1 saturated heterocycles. The summed E-state index contributed by atoms with van der Waals surface area (Å²) in [4.78, 5) is 26.7. The minimum absolute atomic E-state index is 0.00189. The summed E-state index contributed by atoms with van der Waals surface area (Å²) in [7, 11) is 0. The molecule has 1 heterocycles. The highest BCUT2D eigenvalue weighted by Gasteiger charge is 2.49. The molecular formula is C24H28N2O4. The van der Waals surface area contributed by atoms with E-state index in [0.29, 0.717) is 5.75 Å². The minimum atomic E-state index is -1.12. The van der Waals surface area contributed by atoms with E-state index < -0.39 is 17.7 Å². The number of carbonyl (C=O) groups is 2. The average molecular weight is 408 g/mol. The molecule has 1 aliphatic heterocycles. The number of nitrogens with one attached hydrogen (secondary N) is 1. The number of β-amino-alcohol motifs (C(OH)–C–C–N with tert-alkyl or cyclic N) is 1. The number of carbonyl (C=O) groups excluding carboxylic acids is 2. The first-order valence-corrected chi connectivity index (χ1v) is 10.6. The van der Waals surface area contributed by atoms with Crippen LogP contribution in [0.2, 0.25) is 0 Å². The van der Waals surface area contributed by atoms with Crippen LogP contribution in [0.15, 0.2) is 42.5 Å². The zero-order chi connectivity index (χ0) is 21.3. The Labute approximate surface area is 176 Å². The number of aryl methyl sites for hydroxylation is 3. The van der Waals surface area contributed by atoms with Gasteiger partial charge in [0, 0.05) is 0 Å². The van der Waals surface area contributed by atoms with Crippen LogP contribution >= 0.6 is 0 Å². The first kappa shape index (κ1) is 20.4. The second-order valence-corrected chi connectivity index (χ2v) is 8.27. The van der Waals surface area contributed by atoms with E-state index in [1.165, 1.54) is 16.7 Å². The maximum Gasteiger partial charge on any atom is 0.325 e. The second kappa shape index (κ2) is 8.11. The topological polar surface area (TPSA) is 78.9 Å². The van der Waals surface area contributed by atoms with Gasteiger partial charge in [-0.1, -0.05) is 37.3 Å². The molecule has 2 aliphatic rings. The lowest BCUT2D eigenvalue weighted by Crippen LogP contribution is -2.42. The number of nitrogens with zero attached hydrogens (tertiary/aromatic N) is 1. The fourth-order valence-corrected chi connectivity index (χ4v) is 4.22. The summed E-state index contributed by atoms with van der Waals surface area (Å²) in [5, 5.41) is 13.2. The molecule has 0 radical (unpaired) electrons. The summed E-state index contributed by atoms with van der Waals surface area (Å²) in [6, 6.07) is 13.2. The molecule has 2 N–H and O–H groups in total. The van der Waals surface area contributed by atoms with Crippen LogP contribution in [0.3, 0.4) is 0 Å². The SMILES string of the molecule is CCc1ccc(OC[C@H](O)CN2C(=O)N[C@@](C)(c3ccc4c(c3)CCC4)C2=O)cc1. The average Bonchev–Trinajstić information content (AvgIpc) is 3.31. The molecule has 2 aromatic carbocycles. The van der Waals surface area contributed by atoms with Crippen LogP contribution < -0.4 is 10.1 Å². The Bertz CT molecular complexity index is 956. The number of rotatable bonds is 7. The van der Waals surface area contributed by atoms with Gasteiger partial charge in [-0.3, -0.25) is 9.69 Å². The van der Waals surface area contributed by atoms with Crippen LogP contribution in [0.25, 0.3) is 0 Å². The molecule has 158 valence electrons. The lowest BCUT2D eigenvalue weighted by molar-refractivity contribution is -0.132. The summed E-state index contributed by atoms with van der Waals surface area (Å²) in [5.41, 5.74) is 3.43. The number of aliphatic hydroxyl groups is 1. The van der Waals surface area contributed by atoms with Crippen LogP contribution in [-0.4, -0.2) is 41.2 Å². The summed E-state index contributed by atoms with van der Waals surface area (Å²) in [6.07, 6.45) is 3.15. The molecule has 6 nitrogen and oxygen atoms in total. The molecule has 1 aliphatic carbocycles. The van der Waals surface area contributed by atoms with Crippen molar-refractivity contribution >= 4 is 11.9 Å². The van der Waals surface area contributed by atoms with Crippen LogP contribution in [0.1, 0.15) is 42.5 Å². The molecule has 2 atom stereocenters. The smallest absolute Gasteiger partial charge is 0.325 e. The van der Waals surface area contributed by atoms with Crippen molar-refractivity contribution in [2.45, 2.75) is 51.2 Å². The Morgan fingerprint density at radius 2 is 1.87 bits per heavy atom. The van der Waals surface area contributed by atoms with E-state index in [1.807, 2.05) is 36.4 Å². The Morgan fingerprint density at radius 3 is 2.60 bits per heavy atom. The van der Waals surface area contributed by atoms with Crippen LogP contribution in [0.5, 0.6) is 5.75 Å². The van der Waals surface area contributed by atoms with Crippen molar-refractivity contribution in [3.05, 3.63) is 64.7 Å². The van der Waals surface area contributed by atoms with E-state index in [4.69, 9.17) is 4.74 Å². The number of aliphatic hydroxyl groups excluding tert-OH is 1. The van der Waals surface area contributed by atoms with Crippen LogP contribution in [0.4, 0.5) is 4.79 Å². The number of hydrogen-bond donors (Lipinski definition) is 2. The van der Waals surface area contributed by atoms with Gasteiger partial charge in [0.15, 0.2) is 0 Å². The van der Waals surface area contributed by atoms with E-state index in [0.717, 1.165) is 36.1 Å². The fourth-order valence-electron chi connectivity index (χ4n) is 4.22. The first-order valence-electron chi connectivity index (χ1n) is 10.6. The number of benzene rings is 2. The predicted molar refractivity (Wildman–Crippen MR) is 113 cm³/mol. The highest BCUT2D eigenvalue weighted by atomic mass is 16.5. The second-order valence-electron chi connectivity index (χ2n) is 8.27. The third-order valence-corrected chi connectivity index (χ3v) is 6.12. The molecule has 6 heteroatoms. The predicted octanol–water partition coefficient (Wildman–Crippen LogP) is 2.94. The van der Waals surface area contributed by atoms with Gasteiger partial charge in [0.05, 0.1) is 6.54 Å². The van der Waals surface area contributed by atoms with Crippen molar-refractivity contribution in [1.82, 2.24) is 10.2 Å². The van der Waals surface area contributed by atoms with Gasteiger partial charge in [0.25, 0.3) is 5.91 Å². The van der Waals surface area contributed by atoms with Crippen molar-refractivity contribution in [3.63, 3.8) is 0 Å². The zero-order valence-corrected chi connectivity index (χ0v) is 17.5. The van der Waals surface area contributed by atoms with Gasteiger partial charge in [-0.25, -0.2) is 4.79 Å². The highest BCUT2D eigenvalue weighted by Crippen LogP contribution is 2.32. The largest absolute Gasteiger partial charge is 0.491 e. The summed E-state index contributed by atoms with van der Waals surface area (Å²) >= 11 is 0. The molecule has 4 rings (SSSR count). The normalized spacial score (nSPS) is 21.5. The fraction of sp³-hybridized carbons (Fsp3) is 0.417. The van der Waals surface area contributed by atoms with Crippen molar-refractivity contribution < 1.29 is 19.4 Å². The molecule has 0 unspecified atom stereocenters. The van der Waals surface area contributed by atoms with Crippen molar-refractivity contribution in [3.8, 4) is 5.75 Å². The van der Waals surface area contributed by atoms with E-state index in [2.05, 4.69) is 18.3 Å². The third-order valence-electron chi connectivity index (χ3n) is 6.12.